The molecular weight excluding hydrogens is 252 g/mol. The number of nitrogens with zero attached hydrogens (tertiary/aromatic N) is 1. The van der Waals surface area contributed by atoms with Crippen molar-refractivity contribution in [3.05, 3.63) is 36.5 Å². The molecule has 0 radical (unpaired) electrons. The Morgan fingerprint density at radius 1 is 1.25 bits per heavy atom. The highest BCUT2D eigenvalue weighted by Gasteiger charge is 2.13. The normalized spacial score (nSPS) is 13.4. The molecule has 0 amide bonds. The zero-order valence-electron chi connectivity index (χ0n) is 12.3. The molecule has 2 aromatic rings. The van der Waals surface area contributed by atoms with Gasteiger partial charge in [0.2, 0.25) is 0 Å². The summed E-state index contributed by atoms with van der Waals surface area (Å²) < 4.78 is 5.72. The number of aliphatic hydroxyl groups is 1. The predicted octanol–water partition coefficient (Wildman–Crippen LogP) is 2.36. The molecule has 1 heterocycles. The molecular formula is C16H22N2O2. The molecule has 0 spiro atoms. The summed E-state index contributed by atoms with van der Waals surface area (Å²) in [5.74, 6) is 0.755. The average Bonchev–Trinajstić information content (AvgIpc) is 2.42. The average molecular weight is 274 g/mol. The Bertz CT molecular complexity index is 558. The Labute approximate surface area is 119 Å². The van der Waals surface area contributed by atoms with E-state index in [1.165, 1.54) is 0 Å². The third kappa shape index (κ3) is 4.18. The molecule has 2 rings (SSSR count). The van der Waals surface area contributed by atoms with E-state index >= 15 is 0 Å². The van der Waals surface area contributed by atoms with Crippen molar-refractivity contribution in [2.75, 3.05) is 13.2 Å². The van der Waals surface area contributed by atoms with E-state index in [4.69, 9.17) is 4.74 Å². The molecule has 1 aromatic heterocycles. The van der Waals surface area contributed by atoms with Crippen molar-refractivity contribution in [3.63, 3.8) is 0 Å². The van der Waals surface area contributed by atoms with E-state index < -0.39 is 6.10 Å². The van der Waals surface area contributed by atoms with Gasteiger partial charge in [-0.15, -0.1) is 0 Å². The summed E-state index contributed by atoms with van der Waals surface area (Å²) in [6.07, 6.45) is 1.22. The van der Waals surface area contributed by atoms with Gasteiger partial charge in [-0.3, -0.25) is 4.98 Å². The first kappa shape index (κ1) is 14.8. The minimum atomic E-state index is -0.541. The van der Waals surface area contributed by atoms with Gasteiger partial charge in [-0.25, -0.2) is 0 Å². The topological polar surface area (TPSA) is 54.4 Å². The summed E-state index contributed by atoms with van der Waals surface area (Å²) in [5, 5.41) is 14.2. The fraction of sp³-hybridized carbons (Fsp3) is 0.438. The van der Waals surface area contributed by atoms with Gasteiger partial charge in [0.15, 0.2) is 0 Å². The molecule has 0 saturated carbocycles. The van der Waals surface area contributed by atoms with Gasteiger partial charge in [0.1, 0.15) is 18.5 Å². The van der Waals surface area contributed by atoms with E-state index in [1.54, 1.807) is 6.20 Å². The SMILES string of the molecule is CC(C)(C)NCC(O)COc1cccc2ncccc12. The number of pyridine rings is 1. The van der Waals surface area contributed by atoms with E-state index in [9.17, 15) is 5.11 Å². The van der Waals surface area contributed by atoms with E-state index in [2.05, 4.69) is 31.1 Å². The van der Waals surface area contributed by atoms with Crippen LogP contribution >= 0.6 is 0 Å². The number of ether oxygens (including phenoxy) is 1. The molecule has 4 heteroatoms. The number of β-amino-alcohol motifs (C(OH)–C–C–N with tert-alkyl or cyclic N) is 1. The van der Waals surface area contributed by atoms with Gasteiger partial charge in [-0.2, -0.15) is 0 Å². The van der Waals surface area contributed by atoms with Gasteiger partial charge in [0.05, 0.1) is 5.52 Å². The molecule has 0 aliphatic rings. The Balaban J connectivity index is 1.96. The second-order valence-corrected chi connectivity index (χ2v) is 5.92. The summed E-state index contributed by atoms with van der Waals surface area (Å²) in [6.45, 7) is 6.97. The highest BCUT2D eigenvalue weighted by Crippen LogP contribution is 2.23. The van der Waals surface area contributed by atoms with Gasteiger partial charge in [-0.1, -0.05) is 6.07 Å². The van der Waals surface area contributed by atoms with E-state index in [1.807, 2.05) is 30.3 Å². The largest absolute Gasteiger partial charge is 0.490 e. The van der Waals surface area contributed by atoms with Crippen molar-refractivity contribution in [1.82, 2.24) is 10.3 Å². The van der Waals surface area contributed by atoms with Gasteiger partial charge < -0.3 is 15.2 Å². The van der Waals surface area contributed by atoms with Crippen LogP contribution < -0.4 is 10.1 Å². The molecule has 1 atom stereocenters. The minimum absolute atomic E-state index is 0.00958. The first-order valence-electron chi connectivity index (χ1n) is 6.85. The fourth-order valence-corrected chi connectivity index (χ4v) is 1.87. The quantitative estimate of drug-likeness (QED) is 0.879. The maximum atomic E-state index is 9.94. The molecule has 2 N–H and O–H groups in total. The number of hydrogen-bond acceptors (Lipinski definition) is 4. The second kappa shape index (κ2) is 6.20. The van der Waals surface area contributed by atoms with E-state index in [0.29, 0.717) is 6.54 Å². The monoisotopic (exact) mass is 274 g/mol. The highest BCUT2D eigenvalue weighted by atomic mass is 16.5. The minimum Gasteiger partial charge on any atom is -0.490 e. The molecule has 1 aromatic carbocycles. The van der Waals surface area contributed by atoms with Crippen LogP contribution in [0.5, 0.6) is 5.75 Å². The summed E-state index contributed by atoms with van der Waals surface area (Å²) in [7, 11) is 0. The number of hydrogen-bond donors (Lipinski definition) is 2. The molecule has 108 valence electrons. The number of rotatable bonds is 5. The van der Waals surface area contributed by atoms with Crippen LogP contribution in [-0.4, -0.2) is 34.9 Å². The Morgan fingerprint density at radius 3 is 2.80 bits per heavy atom. The predicted molar refractivity (Wildman–Crippen MR) is 81.0 cm³/mol. The lowest BCUT2D eigenvalue weighted by atomic mass is 10.1. The Morgan fingerprint density at radius 2 is 2.05 bits per heavy atom. The van der Waals surface area contributed by atoms with Crippen LogP contribution in [0.3, 0.4) is 0 Å². The number of aliphatic hydroxyl groups excluding tert-OH is 1. The molecule has 0 aliphatic carbocycles. The van der Waals surface area contributed by atoms with Crippen LogP contribution in [0.2, 0.25) is 0 Å². The molecule has 0 fully saturated rings. The standard InChI is InChI=1S/C16H22N2O2/c1-16(2,3)18-10-12(19)11-20-15-8-4-7-14-13(15)6-5-9-17-14/h4-9,12,18-19H,10-11H2,1-3H3. The maximum absolute atomic E-state index is 9.94. The van der Waals surface area contributed by atoms with Gasteiger partial charge in [0.25, 0.3) is 0 Å². The molecule has 0 saturated heterocycles. The molecule has 0 bridgehead atoms. The Kier molecular flexibility index (Phi) is 4.57. The lowest BCUT2D eigenvalue weighted by Gasteiger charge is -2.23. The van der Waals surface area contributed by atoms with Crippen molar-refractivity contribution in [2.45, 2.75) is 32.4 Å². The second-order valence-electron chi connectivity index (χ2n) is 5.92. The van der Waals surface area contributed by atoms with Crippen LogP contribution in [0.1, 0.15) is 20.8 Å². The summed E-state index contributed by atoms with van der Waals surface area (Å²) in [6, 6.07) is 9.60. The fourth-order valence-electron chi connectivity index (χ4n) is 1.87. The van der Waals surface area contributed by atoms with Crippen LogP contribution in [-0.2, 0) is 0 Å². The molecule has 4 nitrogen and oxygen atoms in total. The van der Waals surface area contributed by atoms with Crippen LogP contribution in [0.4, 0.5) is 0 Å². The first-order chi connectivity index (χ1) is 9.46. The molecule has 0 aliphatic heterocycles. The van der Waals surface area contributed by atoms with E-state index in [0.717, 1.165) is 16.7 Å². The van der Waals surface area contributed by atoms with E-state index in [-0.39, 0.29) is 12.1 Å². The van der Waals surface area contributed by atoms with Crippen LogP contribution in [0, 0.1) is 0 Å². The molecule has 1 unspecified atom stereocenters. The smallest absolute Gasteiger partial charge is 0.128 e. The van der Waals surface area contributed by atoms with Gasteiger partial charge in [-0.05, 0) is 45.0 Å². The van der Waals surface area contributed by atoms with Crippen molar-refractivity contribution in [1.29, 1.82) is 0 Å². The molecule has 20 heavy (non-hydrogen) atoms. The van der Waals surface area contributed by atoms with Gasteiger partial charge in [0, 0.05) is 23.7 Å². The van der Waals surface area contributed by atoms with Crippen molar-refractivity contribution < 1.29 is 9.84 Å². The summed E-state index contributed by atoms with van der Waals surface area (Å²) in [5.41, 5.74) is 0.886. The maximum Gasteiger partial charge on any atom is 0.128 e. The van der Waals surface area contributed by atoms with Crippen molar-refractivity contribution in [2.24, 2.45) is 0 Å². The van der Waals surface area contributed by atoms with Crippen molar-refractivity contribution >= 4 is 10.9 Å². The third-order valence-electron chi connectivity index (χ3n) is 2.90. The Hall–Kier alpha value is -1.65. The number of aromatic nitrogens is 1. The first-order valence-corrected chi connectivity index (χ1v) is 6.85. The third-order valence-corrected chi connectivity index (χ3v) is 2.90. The summed E-state index contributed by atoms with van der Waals surface area (Å²) in [4.78, 5) is 4.28. The van der Waals surface area contributed by atoms with Crippen molar-refractivity contribution in [3.8, 4) is 5.75 Å². The zero-order valence-corrected chi connectivity index (χ0v) is 12.3. The van der Waals surface area contributed by atoms with Gasteiger partial charge >= 0.3 is 0 Å². The number of benzene rings is 1. The van der Waals surface area contributed by atoms with Crippen LogP contribution in [0.25, 0.3) is 10.9 Å². The highest BCUT2D eigenvalue weighted by molar-refractivity contribution is 5.84. The lowest BCUT2D eigenvalue weighted by Crippen LogP contribution is -2.42. The lowest BCUT2D eigenvalue weighted by molar-refractivity contribution is 0.101. The zero-order chi connectivity index (χ0) is 14.6. The summed E-state index contributed by atoms with van der Waals surface area (Å²) >= 11 is 0. The number of fused-ring (bicyclic) bond motifs is 1. The number of nitrogens with one attached hydrogen (secondary N) is 1. The van der Waals surface area contributed by atoms with Crippen LogP contribution in [0.15, 0.2) is 36.5 Å².